The number of benzene rings is 1. The van der Waals surface area contributed by atoms with Gasteiger partial charge in [0.1, 0.15) is 11.6 Å². The van der Waals surface area contributed by atoms with Crippen LogP contribution < -0.4 is 10.6 Å². The van der Waals surface area contributed by atoms with Crippen molar-refractivity contribution in [1.29, 1.82) is 0 Å². The summed E-state index contributed by atoms with van der Waals surface area (Å²) in [5.41, 5.74) is 0.657. The molecule has 3 amide bonds. The third-order valence-electron chi connectivity index (χ3n) is 6.53. The van der Waals surface area contributed by atoms with E-state index >= 15 is 0 Å². The van der Waals surface area contributed by atoms with Gasteiger partial charge < -0.3 is 20.5 Å². The minimum atomic E-state index is -3.88. The first-order valence-electron chi connectivity index (χ1n) is 12.7. The van der Waals surface area contributed by atoms with Gasteiger partial charge in [-0.15, -0.1) is 0 Å². The van der Waals surface area contributed by atoms with Crippen LogP contribution >= 0.6 is 0 Å². The lowest BCUT2D eigenvalue weighted by molar-refractivity contribution is -0.128. The molecule has 4 atom stereocenters. The number of amides is 3. The molecule has 1 heterocycles. The quantitative estimate of drug-likeness (QED) is 0.460. The molecule has 11 heteroatoms. The van der Waals surface area contributed by atoms with Crippen molar-refractivity contribution in [3.63, 3.8) is 0 Å². The Kier molecular flexibility index (Phi) is 8.58. The number of likely N-dealkylation sites (tertiary alicyclic amines) is 1. The van der Waals surface area contributed by atoms with Crippen molar-refractivity contribution in [3.05, 3.63) is 29.3 Å². The van der Waals surface area contributed by atoms with Gasteiger partial charge in [-0.2, -0.15) is 0 Å². The SMILES string of the molecule is Cc1ccc(S(=O)(=O)C2CC(C(=O)N[C@@H](CC(=O)NC3CC3)[C@H](C)O)N(C(=O)OC(C)(C)C)C2)c(C)c1. The molecule has 3 rings (SSSR count). The van der Waals surface area contributed by atoms with Gasteiger partial charge in [0.2, 0.25) is 11.8 Å². The second-order valence-corrected chi connectivity index (χ2v) is 13.4. The topological polar surface area (TPSA) is 142 Å². The van der Waals surface area contributed by atoms with Crippen molar-refractivity contribution >= 4 is 27.7 Å². The van der Waals surface area contributed by atoms with E-state index in [2.05, 4.69) is 10.6 Å². The molecular formula is C26H39N3O7S. The highest BCUT2D eigenvalue weighted by molar-refractivity contribution is 7.92. The maximum atomic E-state index is 13.6. The lowest BCUT2D eigenvalue weighted by atomic mass is 10.1. The van der Waals surface area contributed by atoms with E-state index in [1.807, 2.05) is 6.92 Å². The fraction of sp³-hybridized carbons (Fsp3) is 0.654. The highest BCUT2D eigenvalue weighted by atomic mass is 32.2. The maximum absolute atomic E-state index is 13.6. The van der Waals surface area contributed by atoms with E-state index in [1.54, 1.807) is 45.9 Å². The van der Waals surface area contributed by atoms with Gasteiger partial charge in [0.05, 0.1) is 22.3 Å². The number of aryl methyl sites for hydroxylation is 2. The Morgan fingerprint density at radius 1 is 1.19 bits per heavy atom. The number of sulfone groups is 1. The minimum Gasteiger partial charge on any atom is -0.444 e. The van der Waals surface area contributed by atoms with Crippen molar-refractivity contribution in [3.8, 4) is 0 Å². The smallest absolute Gasteiger partial charge is 0.411 e. The largest absolute Gasteiger partial charge is 0.444 e. The average molecular weight is 538 g/mol. The Labute approximate surface area is 219 Å². The molecule has 1 aliphatic carbocycles. The van der Waals surface area contributed by atoms with E-state index in [4.69, 9.17) is 4.74 Å². The number of rotatable bonds is 8. The van der Waals surface area contributed by atoms with E-state index in [0.29, 0.717) is 5.56 Å². The lowest BCUT2D eigenvalue weighted by Gasteiger charge is -2.29. The van der Waals surface area contributed by atoms with Crippen LogP contribution in [0.3, 0.4) is 0 Å². The van der Waals surface area contributed by atoms with Crippen molar-refractivity contribution in [2.45, 2.75) is 107 Å². The van der Waals surface area contributed by atoms with Crippen LogP contribution in [0.15, 0.2) is 23.1 Å². The third kappa shape index (κ3) is 7.44. The number of nitrogens with zero attached hydrogens (tertiary/aromatic N) is 1. The number of aliphatic hydroxyl groups is 1. The van der Waals surface area contributed by atoms with Crippen molar-refractivity contribution < 1.29 is 32.6 Å². The normalized spacial score (nSPS) is 21.8. The summed E-state index contributed by atoms with van der Waals surface area (Å²) < 4.78 is 32.6. The zero-order valence-corrected chi connectivity index (χ0v) is 23.2. The first kappa shape index (κ1) is 28.9. The molecule has 1 saturated carbocycles. The number of carbonyl (C=O) groups is 3. The molecule has 2 fully saturated rings. The Bertz CT molecular complexity index is 1140. The van der Waals surface area contributed by atoms with E-state index in [-0.39, 0.29) is 36.2 Å². The Hall–Kier alpha value is -2.66. The van der Waals surface area contributed by atoms with Crippen LogP contribution in [0.1, 0.15) is 64.5 Å². The minimum absolute atomic E-state index is 0.131. The molecular weight excluding hydrogens is 498 g/mol. The summed E-state index contributed by atoms with van der Waals surface area (Å²) in [5.74, 6) is -0.936. The van der Waals surface area contributed by atoms with E-state index in [0.717, 1.165) is 23.3 Å². The molecule has 10 nitrogen and oxygen atoms in total. The average Bonchev–Trinajstić information content (AvgIpc) is 3.43. The Morgan fingerprint density at radius 3 is 2.38 bits per heavy atom. The highest BCUT2D eigenvalue weighted by Crippen LogP contribution is 2.31. The zero-order chi connectivity index (χ0) is 27.7. The summed E-state index contributed by atoms with van der Waals surface area (Å²) in [7, 11) is -3.88. The summed E-state index contributed by atoms with van der Waals surface area (Å²) >= 11 is 0. The zero-order valence-electron chi connectivity index (χ0n) is 22.4. The monoisotopic (exact) mass is 537 g/mol. The molecule has 1 aliphatic heterocycles. The standard InChI is InChI=1S/C26H39N3O7S/c1-15-7-10-22(16(2)11-15)37(34,35)19-12-21(29(14-19)25(33)36-26(4,5)6)24(32)28-20(17(3)30)13-23(31)27-18-8-9-18/h7,10-11,17-21,30H,8-9,12-14H2,1-6H3,(H,27,31)(H,28,32)/t17-,19?,20-,21?/m0/s1. The van der Waals surface area contributed by atoms with Gasteiger partial charge >= 0.3 is 6.09 Å². The van der Waals surface area contributed by atoms with Gasteiger partial charge in [0.15, 0.2) is 9.84 Å². The fourth-order valence-electron chi connectivity index (χ4n) is 4.43. The van der Waals surface area contributed by atoms with Gasteiger partial charge in [-0.1, -0.05) is 17.7 Å². The summed E-state index contributed by atoms with van der Waals surface area (Å²) in [6.07, 6.45) is -0.308. The van der Waals surface area contributed by atoms with Gasteiger partial charge in [-0.05, 0) is 72.4 Å². The maximum Gasteiger partial charge on any atom is 0.411 e. The summed E-state index contributed by atoms with van der Waals surface area (Å²) in [4.78, 5) is 40.0. The van der Waals surface area contributed by atoms with Crippen LogP contribution in [0.4, 0.5) is 4.79 Å². The van der Waals surface area contributed by atoms with Crippen molar-refractivity contribution in [2.75, 3.05) is 6.54 Å². The number of ether oxygens (including phenoxy) is 1. The van der Waals surface area contributed by atoms with Gasteiger partial charge in [-0.3, -0.25) is 14.5 Å². The molecule has 1 saturated heterocycles. The molecule has 2 aliphatic rings. The molecule has 0 radical (unpaired) electrons. The summed E-state index contributed by atoms with van der Waals surface area (Å²) in [5, 5.41) is 14.7. The second-order valence-electron chi connectivity index (χ2n) is 11.2. The first-order valence-corrected chi connectivity index (χ1v) is 14.2. The predicted molar refractivity (Wildman–Crippen MR) is 138 cm³/mol. The fourth-order valence-corrected chi connectivity index (χ4v) is 6.34. The number of carbonyl (C=O) groups excluding carboxylic acids is 3. The van der Waals surface area contributed by atoms with Crippen LogP contribution in [-0.4, -0.2) is 78.0 Å². The second kappa shape index (κ2) is 11.0. The summed E-state index contributed by atoms with van der Waals surface area (Å²) in [6, 6.07) is 3.12. The number of hydrogen-bond acceptors (Lipinski definition) is 7. The molecule has 0 bridgehead atoms. The number of aliphatic hydroxyl groups excluding tert-OH is 1. The first-order chi connectivity index (χ1) is 17.1. The van der Waals surface area contributed by atoms with Crippen LogP contribution in [0.25, 0.3) is 0 Å². The Morgan fingerprint density at radius 2 is 1.84 bits per heavy atom. The number of hydrogen-bond donors (Lipinski definition) is 3. The Balaban J connectivity index is 1.84. The van der Waals surface area contributed by atoms with Crippen molar-refractivity contribution in [1.82, 2.24) is 15.5 Å². The van der Waals surface area contributed by atoms with Gasteiger partial charge in [0.25, 0.3) is 0 Å². The predicted octanol–water partition coefficient (Wildman–Crippen LogP) is 1.99. The van der Waals surface area contributed by atoms with Crippen LogP contribution in [-0.2, 0) is 24.2 Å². The van der Waals surface area contributed by atoms with E-state index in [1.165, 1.54) is 6.92 Å². The number of nitrogens with one attached hydrogen (secondary N) is 2. The van der Waals surface area contributed by atoms with Crippen LogP contribution in [0.2, 0.25) is 0 Å². The molecule has 37 heavy (non-hydrogen) atoms. The molecule has 0 spiro atoms. The van der Waals surface area contributed by atoms with Gasteiger partial charge in [0, 0.05) is 19.0 Å². The van der Waals surface area contributed by atoms with E-state index in [9.17, 15) is 27.9 Å². The van der Waals surface area contributed by atoms with Gasteiger partial charge in [-0.25, -0.2) is 13.2 Å². The van der Waals surface area contributed by atoms with E-state index < -0.39 is 50.9 Å². The van der Waals surface area contributed by atoms with Crippen LogP contribution in [0, 0.1) is 13.8 Å². The van der Waals surface area contributed by atoms with Crippen molar-refractivity contribution in [2.24, 2.45) is 0 Å². The molecule has 206 valence electrons. The molecule has 3 N–H and O–H groups in total. The molecule has 1 aromatic carbocycles. The molecule has 0 aromatic heterocycles. The third-order valence-corrected chi connectivity index (χ3v) is 8.82. The lowest BCUT2D eigenvalue weighted by Crippen LogP contribution is -2.53. The summed E-state index contributed by atoms with van der Waals surface area (Å²) in [6.45, 7) is 9.87. The highest BCUT2D eigenvalue weighted by Gasteiger charge is 2.47. The molecule has 2 unspecified atom stereocenters. The molecule has 1 aromatic rings. The van der Waals surface area contributed by atoms with Crippen LogP contribution in [0.5, 0.6) is 0 Å².